The van der Waals surface area contributed by atoms with Crippen molar-refractivity contribution in [1.82, 2.24) is 8.75 Å². The van der Waals surface area contributed by atoms with E-state index in [0.717, 1.165) is 22.9 Å². The molecule has 0 radical (unpaired) electrons. The van der Waals surface area contributed by atoms with E-state index in [2.05, 4.69) is 26.0 Å². The number of benzene rings is 1. The fraction of sp³-hybridized carbons (Fsp3) is 0.176. The third-order valence-corrected chi connectivity index (χ3v) is 5.54. The van der Waals surface area contributed by atoms with Gasteiger partial charge < -0.3 is 20.2 Å². The predicted molar refractivity (Wildman–Crippen MR) is 108 cm³/mol. The minimum absolute atomic E-state index is 0.146. The standard InChI is InChI=1S/C17H19N5O4S2/c1-9(2)11-6-12(26-8-11)7-19-16-17(22-27-21-16)20-13-5-4-10(3)15(14(13)23)28(18,24)25/h4-6,8,23H,1,7H2,2-3H3,(H,19,21)(H,20,22)(H2,18,24,25). The average Bonchev–Trinajstić information content (AvgIpc) is 3.23. The number of aromatic nitrogens is 2. The molecule has 2 aromatic heterocycles. The topological polar surface area (TPSA) is 143 Å². The van der Waals surface area contributed by atoms with Gasteiger partial charge in [-0.2, -0.15) is 8.75 Å². The van der Waals surface area contributed by atoms with Gasteiger partial charge in [0.25, 0.3) is 0 Å². The van der Waals surface area contributed by atoms with Crippen molar-refractivity contribution < 1.29 is 17.9 Å². The smallest absolute Gasteiger partial charge is 0.242 e. The van der Waals surface area contributed by atoms with Crippen LogP contribution in [0.1, 0.15) is 23.8 Å². The number of hydrogen-bond donors (Lipinski definition) is 4. The lowest BCUT2D eigenvalue weighted by molar-refractivity contribution is 0.460. The highest BCUT2D eigenvalue weighted by atomic mass is 32.2. The first kappa shape index (κ1) is 19.9. The summed E-state index contributed by atoms with van der Waals surface area (Å²) in [6.45, 7) is 7.65. The lowest BCUT2D eigenvalue weighted by Crippen LogP contribution is -2.14. The third-order valence-electron chi connectivity index (χ3n) is 3.93. The summed E-state index contributed by atoms with van der Waals surface area (Å²) < 4.78 is 37.2. The van der Waals surface area contributed by atoms with Crippen LogP contribution >= 0.6 is 11.7 Å². The minimum Gasteiger partial charge on any atom is -0.504 e. The van der Waals surface area contributed by atoms with Gasteiger partial charge in [0.05, 0.1) is 30.2 Å². The van der Waals surface area contributed by atoms with Crippen LogP contribution in [0.3, 0.4) is 0 Å². The Labute approximate surface area is 166 Å². The molecule has 0 amide bonds. The summed E-state index contributed by atoms with van der Waals surface area (Å²) in [7, 11) is -4.09. The molecule has 0 atom stereocenters. The molecule has 0 aliphatic carbocycles. The number of nitrogens with one attached hydrogen (secondary N) is 2. The minimum atomic E-state index is -4.09. The third kappa shape index (κ3) is 4.16. The second kappa shape index (κ2) is 7.62. The van der Waals surface area contributed by atoms with Crippen molar-refractivity contribution in [3.05, 3.63) is 47.9 Å². The molecule has 0 fully saturated rings. The molecule has 0 bridgehead atoms. The van der Waals surface area contributed by atoms with Crippen LogP contribution in [0, 0.1) is 6.92 Å². The maximum atomic E-state index is 11.7. The van der Waals surface area contributed by atoms with Crippen molar-refractivity contribution in [3.63, 3.8) is 0 Å². The van der Waals surface area contributed by atoms with Crippen LogP contribution < -0.4 is 15.8 Å². The number of anilines is 3. The molecule has 2 heterocycles. The number of furan rings is 1. The van der Waals surface area contributed by atoms with E-state index in [1.54, 1.807) is 13.2 Å². The summed E-state index contributed by atoms with van der Waals surface area (Å²) >= 11 is 0.955. The Balaban J connectivity index is 1.80. The van der Waals surface area contributed by atoms with E-state index in [4.69, 9.17) is 9.56 Å². The van der Waals surface area contributed by atoms with Crippen molar-refractivity contribution in [1.29, 1.82) is 0 Å². The monoisotopic (exact) mass is 421 g/mol. The molecule has 5 N–H and O–H groups in total. The molecule has 0 unspecified atom stereocenters. The van der Waals surface area contributed by atoms with Gasteiger partial charge in [-0.15, -0.1) is 0 Å². The lowest BCUT2D eigenvalue weighted by Gasteiger charge is -2.12. The number of aryl methyl sites for hydroxylation is 1. The van der Waals surface area contributed by atoms with Gasteiger partial charge in [-0.1, -0.05) is 12.6 Å². The van der Waals surface area contributed by atoms with Gasteiger partial charge in [0, 0.05) is 5.56 Å². The maximum Gasteiger partial charge on any atom is 0.242 e. The molecule has 3 aromatic rings. The first-order valence-electron chi connectivity index (χ1n) is 8.09. The molecule has 1 aromatic carbocycles. The Kier molecular flexibility index (Phi) is 5.40. The molecule has 28 heavy (non-hydrogen) atoms. The molecular weight excluding hydrogens is 402 g/mol. The zero-order chi connectivity index (χ0) is 20.5. The summed E-state index contributed by atoms with van der Waals surface area (Å²) in [6, 6.07) is 4.94. The molecule has 0 aliphatic rings. The van der Waals surface area contributed by atoms with Gasteiger partial charge in [0.15, 0.2) is 17.4 Å². The van der Waals surface area contributed by atoms with E-state index in [0.29, 0.717) is 29.5 Å². The van der Waals surface area contributed by atoms with Crippen molar-refractivity contribution >= 4 is 44.6 Å². The number of sulfonamides is 1. The molecule has 0 saturated carbocycles. The van der Waals surface area contributed by atoms with Crippen molar-refractivity contribution in [2.45, 2.75) is 25.3 Å². The van der Waals surface area contributed by atoms with E-state index in [1.807, 2.05) is 13.0 Å². The molecular formula is C17H19N5O4S2. The first-order chi connectivity index (χ1) is 13.2. The zero-order valence-electron chi connectivity index (χ0n) is 15.2. The maximum absolute atomic E-state index is 11.7. The van der Waals surface area contributed by atoms with E-state index in [-0.39, 0.29) is 10.6 Å². The zero-order valence-corrected chi connectivity index (χ0v) is 16.8. The second-order valence-corrected chi connectivity index (χ2v) is 8.20. The fourth-order valence-electron chi connectivity index (χ4n) is 2.51. The molecule has 3 rings (SSSR count). The van der Waals surface area contributed by atoms with E-state index < -0.39 is 15.8 Å². The Morgan fingerprint density at radius 1 is 1.36 bits per heavy atom. The van der Waals surface area contributed by atoms with Crippen LogP contribution in [0.2, 0.25) is 0 Å². The Hall–Kier alpha value is -2.89. The number of nitrogens with zero attached hydrogens (tertiary/aromatic N) is 2. The number of phenols is 1. The van der Waals surface area contributed by atoms with Crippen LogP contribution in [0.5, 0.6) is 5.75 Å². The van der Waals surface area contributed by atoms with Gasteiger partial charge in [-0.3, -0.25) is 0 Å². The Morgan fingerprint density at radius 2 is 2.07 bits per heavy atom. The Morgan fingerprint density at radius 3 is 2.71 bits per heavy atom. The van der Waals surface area contributed by atoms with Gasteiger partial charge in [0.2, 0.25) is 10.0 Å². The molecule has 0 saturated heterocycles. The molecule has 0 spiro atoms. The fourth-order valence-corrected chi connectivity index (χ4v) is 3.90. The van der Waals surface area contributed by atoms with Crippen molar-refractivity contribution in [2.24, 2.45) is 5.14 Å². The molecule has 0 aliphatic heterocycles. The van der Waals surface area contributed by atoms with Crippen LogP contribution in [0.4, 0.5) is 17.3 Å². The molecule has 148 valence electrons. The summed E-state index contributed by atoms with van der Waals surface area (Å²) in [5.74, 6) is 0.969. The van der Waals surface area contributed by atoms with E-state index in [1.165, 1.54) is 12.1 Å². The number of nitrogens with two attached hydrogens (primary N) is 1. The highest BCUT2D eigenvalue weighted by molar-refractivity contribution is 7.89. The number of allylic oxidation sites excluding steroid dienone is 1. The predicted octanol–water partition coefficient (Wildman–Crippen LogP) is 3.18. The van der Waals surface area contributed by atoms with Gasteiger partial charge in [0.1, 0.15) is 10.7 Å². The summed E-state index contributed by atoms with van der Waals surface area (Å²) in [5.41, 5.74) is 2.29. The van der Waals surface area contributed by atoms with E-state index in [9.17, 15) is 13.5 Å². The van der Waals surface area contributed by atoms with Gasteiger partial charge >= 0.3 is 0 Å². The van der Waals surface area contributed by atoms with Crippen LogP contribution in [0.15, 0.2) is 40.4 Å². The van der Waals surface area contributed by atoms with Gasteiger partial charge in [-0.25, -0.2) is 13.6 Å². The van der Waals surface area contributed by atoms with Crippen LogP contribution in [-0.4, -0.2) is 22.3 Å². The quantitative estimate of drug-likeness (QED) is 0.426. The number of hydrogen-bond acceptors (Lipinski definition) is 9. The molecule has 9 nitrogen and oxygen atoms in total. The SMILES string of the molecule is C=C(C)c1coc(CNc2nsnc2Nc2ccc(C)c(S(N)(=O)=O)c2O)c1. The average molecular weight is 422 g/mol. The highest BCUT2D eigenvalue weighted by Gasteiger charge is 2.21. The van der Waals surface area contributed by atoms with Crippen LogP contribution in [0.25, 0.3) is 5.57 Å². The highest BCUT2D eigenvalue weighted by Crippen LogP contribution is 2.36. The van der Waals surface area contributed by atoms with Crippen LogP contribution in [-0.2, 0) is 16.6 Å². The van der Waals surface area contributed by atoms with E-state index >= 15 is 0 Å². The number of aromatic hydroxyl groups is 1. The second-order valence-electron chi connectivity index (χ2n) is 6.17. The summed E-state index contributed by atoms with van der Waals surface area (Å²) in [6.07, 6.45) is 1.62. The van der Waals surface area contributed by atoms with Crippen molar-refractivity contribution in [2.75, 3.05) is 10.6 Å². The largest absolute Gasteiger partial charge is 0.504 e. The summed E-state index contributed by atoms with van der Waals surface area (Å²) in [5, 5.41) is 21.5. The number of phenolic OH excluding ortho intramolecular Hbond substituents is 1. The van der Waals surface area contributed by atoms with Crippen molar-refractivity contribution in [3.8, 4) is 5.75 Å². The lowest BCUT2D eigenvalue weighted by atomic mass is 10.2. The summed E-state index contributed by atoms with van der Waals surface area (Å²) in [4.78, 5) is -0.335. The first-order valence-corrected chi connectivity index (χ1v) is 10.4. The number of primary sulfonamides is 1. The molecule has 11 heteroatoms. The number of rotatable bonds is 7. The normalized spacial score (nSPS) is 11.4. The Bertz CT molecular complexity index is 1130. The van der Waals surface area contributed by atoms with Gasteiger partial charge in [-0.05, 0) is 37.1 Å².